The number of sulfone groups is 1. The van der Waals surface area contributed by atoms with Crippen molar-refractivity contribution in [1.82, 2.24) is 5.32 Å². The average Bonchev–Trinajstić information content (AvgIpc) is 2.44. The van der Waals surface area contributed by atoms with Crippen molar-refractivity contribution in [3.8, 4) is 0 Å². The van der Waals surface area contributed by atoms with Crippen LogP contribution in [0.1, 0.15) is 51.5 Å². The molecule has 3 unspecified atom stereocenters. The van der Waals surface area contributed by atoms with Crippen LogP contribution in [0.4, 0.5) is 0 Å². The van der Waals surface area contributed by atoms with Crippen molar-refractivity contribution < 1.29 is 8.42 Å². The number of hydrogen-bond donors (Lipinski definition) is 1. The van der Waals surface area contributed by atoms with E-state index < -0.39 is 14.6 Å². The molecule has 4 heteroatoms. The molecule has 1 N–H and O–H groups in total. The third-order valence-electron chi connectivity index (χ3n) is 5.03. The summed E-state index contributed by atoms with van der Waals surface area (Å²) in [5.74, 6) is 1.24. The Bertz CT molecular complexity index is 580. The summed E-state index contributed by atoms with van der Waals surface area (Å²) in [6, 6.07) is 11.1. The lowest BCUT2D eigenvalue weighted by molar-refractivity contribution is 0.268. The molecular formula is C18H29NO2S. The van der Waals surface area contributed by atoms with Crippen LogP contribution in [0.25, 0.3) is 0 Å². The smallest absolute Gasteiger partial charge is 0.153 e. The predicted molar refractivity (Wildman–Crippen MR) is 92.9 cm³/mol. The Kier molecular flexibility index (Phi) is 5.33. The van der Waals surface area contributed by atoms with Crippen LogP contribution in [0, 0.1) is 5.92 Å². The van der Waals surface area contributed by atoms with Crippen molar-refractivity contribution in [2.24, 2.45) is 5.92 Å². The summed E-state index contributed by atoms with van der Waals surface area (Å²) in [7, 11) is -3.04. The van der Waals surface area contributed by atoms with E-state index in [0.29, 0.717) is 24.4 Å². The first-order valence-electron chi connectivity index (χ1n) is 8.17. The second-order valence-electron chi connectivity index (χ2n) is 7.53. The minimum atomic E-state index is -3.04. The monoisotopic (exact) mass is 323 g/mol. The van der Waals surface area contributed by atoms with Gasteiger partial charge in [-0.05, 0) is 50.5 Å². The van der Waals surface area contributed by atoms with Crippen molar-refractivity contribution in [3.05, 3.63) is 35.9 Å². The Hall–Kier alpha value is -0.870. The summed E-state index contributed by atoms with van der Waals surface area (Å²) in [5.41, 5.74) is 1.41. The Labute approximate surface area is 135 Å². The molecule has 22 heavy (non-hydrogen) atoms. The van der Waals surface area contributed by atoms with Crippen LogP contribution in [-0.4, -0.2) is 32.0 Å². The van der Waals surface area contributed by atoms with Gasteiger partial charge in [0.05, 0.1) is 4.75 Å². The van der Waals surface area contributed by atoms with Gasteiger partial charge in [0.2, 0.25) is 0 Å². The summed E-state index contributed by atoms with van der Waals surface area (Å²) in [5, 5.41) is 3.52. The summed E-state index contributed by atoms with van der Waals surface area (Å²) in [6.07, 6.45) is 4.76. The van der Waals surface area contributed by atoms with Gasteiger partial charge in [-0.15, -0.1) is 0 Å². The van der Waals surface area contributed by atoms with Gasteiger partial charge in [0.25, 0.3) is 0 Å². The first-order valence-corrected chi connectivity index (χ1v) is 10.1. The van der Waals surface area contributed by atoms with Gasteiger partial charge in [0, 0.05) is 18.8 Å². The minimum absolute atomic E-state index is 0.398. The molecule has 0 aliphatic heterocycles. The lowest BCUT2D eigenvalue weighted by atomic mass is 9.76. The second-order valence-corrected chi connectivity index (χ2v) is 10.2. The summed E-state index contributed by atoms with van der Waals surface area (Å²) in [4.78, 5) is 0. The standard InChI is InChI=1S/C18H29NO2S/c1-14-10-16(15-8-6-5-7-9-15)12-17(11-14)19-13-18(2,3)22(4,20)21/h5-9,14,16-17,19H,10-13H2,1-4H3. The summed E-state index contributed by atoms with van der Waals surface area (Å²) >= 11 is 0. The molecule has 0 radical (unpaired) electrons. The van der Waals surface area contributed by atoms with Gasteiger partial charge in [-0.2, -0.15) is 0 Å². The topological polar surface area (TPSA) is 46.2 Å². The molecule has 1 fully saturated rings. The molecule has 3 atom stereocenters. The van der Waals surface area contributed by atoms with Crippen LogP contribution >= 0.6 is 0 Å². The molecule has 2 rings (SSSR count). The Morgan fingerprint density at radius 2 is 1.77 bits per heavy atom. The zero-order chi connectivity index (χ0) is 16.4. The van der Waals surface area contributed by atoms with Crippen molar-refractivity contribution in [3.63, 3.8) is 0 Å². The van der Waals surface area contributed by atoms with Gasteiger partial charge in [-0.25, -0.2) is 8.42 Å². The number of hydrogen-bond acceptors (Lipinski definition) is 3. The lowest BCUT2D eigenvalue weighted by Crippen LogP contribution is -2.47. The number of rotatable bonds is 5. The van der Waals surface area contributed by atoms with E-state index in [0.717, 1.165) is 12.8 Å². The first kappa shape index (κ1) is 17.5. The maximum atomic E-state index is 11.8. The van der Waals surface area contributed by atoms with E-state index in [4.69, 9.17) is 0 Å². The van der Waals surface area contributed by atoms with E-state index in [-0.39, 0.29) is 0 Å². The van der Waals surface area contributed by atoms with Crippen LogP contribution in [0.2, 0.25) is 0 Å². The SMILES string of the molecule is CC1CC(NCC(C)(C)S(C)(=O)=O)CC(c2ccccc2)C1. The van der Waals surface area contributed by atoms with Gasteiger partial charge in [0.1, 0.15) is 0 Å². The maximum absolute atomic E-state index is 11.8. The third-order valence-corrected chi connectivity index (χ3v) is 7.19. The molecule has 0 heterocycles. The Morgan fingerprint density at radius 1 is 1.14 bits per heavy atom. The van der Waals surface area contributed by atoms with Gasteiger partial charge in [-0.3, -0.25) is 0 Å². The van der Waals surface area contributed by atoms with Crippen molar-refractivity contribution in [2.75, 3.05) is 12.8 Å². The zero-order valence-electron chi connectivity index (χ0n) is 14.2. The second kappa shape index (κ2) is 6.71. The summed E-state index contributed by atoms with van der Waals surface area (Å²) in [6.45, 7) is 6.42. The van der Waals surface area contributed by atoms with Crippen LogP contribution in [0.5, 0.6) is 0 Å². The lowest BCUT2D eigenvalue weighted by Gasteiger charge is -2.36. The molecule has 1 aromatic rings. The van der Waals surface area contributed by atoms with E-state index in [1.807, 2.05) is 0 Å². The van der Waals surface area contributed by atoms with Crippen molar-refractivity contribution >= 4 is 9.84 Å². The minimum Gasteiger partial charge on any atom is -0.312 e. The molecule has 1 saturated carbocycles. The quantitative estimate of drug-likeness (QED) is 0.903. The Balaban J connectivity index is 2.00. The molecule has 1 aromatic carbocycles. The van der Waals surface area contributed by atoms with E-state index in [2.05, 4.69) is 42.6 Å². The van der Waals surface area contributed by atoms with Gasteiger partial charge >= 0.3 is 0 Å². The van der Waals surface area contributed by atoms with E-state index in [1.165, 1.54) is 18.2 Å². The molecule has 1 aliphatic rings. The normalized spacial score (nSPS) is 26.8. The highest BCUT2D eigenvalue weighted by molar-refractivity contribution is 7.92. The predicted octanol–water partition coefficient (Wildman–Crippen LogP) is 3.37. The molecule has 0 spiro atoms. The number of benzene rings is 1. The largest absolute Gasteiger partial charge is 0.312 e. The zero-order valence-corrected chi connectivity index (χ0v) is 15.0. The van der Waals surface area contributed by atoms with Gasteiger partial charge < -0.3 is 5.32 Å². The molecule has 0 saturated heterocycles. The highest BCUT2D eigenvalue weighted by Crippen LogP contribution is 2.36. The third kappa shape index (κ3) is 4.32. The summed E-state index contributed by atoms with van der Waals surface area (Å²) < 4.78 is 23.0. The molecule has 1 aliphatic carbocycles. The Morgan fingerprint density at radius 3 is 2.36 bits per heavy atom. The van der Waals surface area contributed by atoms with E-state index in [1.54, 1.807) is 13.8 Å². The van der Waals surface area contributed by atoms with Crippen molar-refractivity contribution in [2.45, 2.75) is 56.7 Å². The van der Waals surface area contributed by atoms with E-state index >= 15 is 0 Å². The highest BCUT2D eigenvalue weighted by atomic mass is 32.2. The van der Waals surface area contributed by atoms with Gasteiger partial charge in [-0.1, -0.05) is 37.3 Å². The fraction of sp³-hybridized carbons (Fsp3) is 0.667. The fourth-order valence-corrected chi connectivity index (χ4v) is 3.63. The molecule has 124 valence electrons. The number of nitrogens with one attached hydrogen (secondary N) is 1. The first-order chi connectivity index (χ1) is 10.2. The molecule has 0 bridgehead atoms. The molecule has 0 aromatic heterocycles. The van der Waals surface area contributed by atoms with Crippen LogP contribution in [0.3, 0.4) is 0 Å². The molecule has 3 nitrogen and oxygen atoms in total. The average molecular weight is 324 g/mol. The van der Waals surface area contributed by atoms with Crippen LogP contribution in [-0.2, 0) is 9.84 Å². The maximum Gasteiger partial charge on any atom is 0.153 e. The van der Waals surface area contributed by atoms with Crippen LogP contribution in [0.15, 0.2) is 30.3 Å². The highest BCUT2D eigenvalue weighted by Gasteiger charge is 2.33. The fourth-order valence-electron chi connectivity index (χ4n) is 3.29. The van der Waals surface area contributed by atoms with Gasteiger partial charge in [0.15, 0.2) is 9.84 Å². The molecular weight excluding hydrogens is 294 g/mol. The van der Waals surface area contributed by atoms with Crippen molar-refractivity contribution in [1.29, 1.82) is 0 Å². The molecule has 0 amide bonds. The van der Waals surface area contributed by atoms with Crippen LogP contribution < -0.4 is 5.32 Å². The van der Waals surface area contributed by atoms with E-state index in [9.17, 15) is 8.42 Å².